The highest BCUT2D eigenvalue weighted by Gasteiger charge is 2.11. The molecule has 0 radical (unpaired) electrons. The Balaban J connectivity index is 1.55. The van der Waals surface area contributed by atoms with Crippen molar-refractivity contribution in [1.82, 2.24) is 9.97 Å². The average Bonchev–Trinajstić information content (AvgIpc) is 3.26. The number of amides is 1. The predicted octanol–water partition coefficient (Wildman–Crippen LogP) is 3.83. The van der Waals surface area contributed by atoms with Crippen LogP contribution in [0.3, 0.4) is 0 Å². The SMILES string of the molecule is CCc1cnc(CSc2cnc(NC(=O)c3ccoc3)s2)o1. The second-order valence-electron chi connectivity index (χ2n) is 4.31. The van der Waals surface area contributed by atoms with Crippen LogP contribution >= 0.6 is 23.1 Å². The molecule has 6 nitrogen and oxygen atoms in total. The summed E-state index contributed by atoms with van der Waals surface area (Å²) in [6.07, 6.45) is 7.16. The zero-order chi connectivity index (χ0) is 15.4. The quantitative estimate of drug-likeness (QED) is 0.690. The third-order valence-corrected chi connectivity index (χ3v) is 4.87. The van der Waals surface area contributed by atoms with Crippen molar-refractivity contribution in [3.8, 4) is 0 Å². The van der Waals surface area contributed by atoms with Crippen molar-refractivity contribution in [3.05, 3.63) is 48.2 Å². The Morgan fingerprint density at radius 2 is 2.32 bits per heavy atom. The number of hydrogen-bond acceptors (Lipinski definition) is 7. The largest absolute Gasteiger partial charge is 0.472 e. The van der Waals surface area contributed by atoms with Gasteiger partial charge in [0.2, 0.25) is 5.89 Å². The summed E-state index contributed by atoms with van der Waals surface area (Å²) in [5, 5.41) is 3.28. The minimum absolute atomic E-state index is 0.236. The molecule has 0 aromatic carbocycles. The number of carbonyl (C=O) groups excluding carboxylic acids is 1. The normalized spacial score (nSPS) is 10.8. The molecule has 0 bridgehead atoms. The van der Waals surface area contributed by atoms with Crippen LogP contribution in [0.25, 0.3) is 0 Å². The zero-order valence-corrected chi connectivity index (χ0v) is 13.4. The molecule has 0 aliphatic rings. The number of furan rings is 1. The van der Waals surface area contributed by atoms with Gasteiger partial charge in [-0.2, -0.15) is 0 Å². The van der Waals surface area contributed by atoms with Gasteiger partial charge in [0.05, 0.1) is 34.2 Å². The van der Waals surface area contributed by atoms with E-state index in [1.165, 1.54) is 23.9 Å². The molecule has 0 saturated carbocycles. The van der Waals surface area contributed by atoms with Crippen LogP contribution in [0.4, 0.5) is 5.13 Å². The van der Waals surface area contributed by atoms with Gasteiger partial charge in [0.15, 0.2) is 5.13 Å². The second kappa shape index (κ2) is 6.80. The summed E-state index contributed by atoms with van der Waals surface area (Å²) in [7, 11) is 0. The van der Waals surface area contributed by atoms with Crippen LogP contribution in [0.2, 0.25) is 0 Å². The van der Waals surface area contributed by atoms with Crippen molar-refractivity contribution in [2.75, 3.05) is 5.32 Å². The molecule has 3 heterocycles. The molecule has 0 unspecified atom stereocenters. The second-order valence-corrected chi connectivity index (χ2v) is 6.62. The van der Waals surface area contributed by atoms with Crippen molar-refractivity contribution in [2.45, 2.75) is 23.3 Å². The van der Waals surface area contributed by atoms with E-state index in [2.05, 4.69) is 15.3 Å². The first-order chi connectivity index (χ1) is 10.7. The fourth-order valence-corrected chi connectivity index (χ4v) is 3.38. The number of carbonyl (C=O) groups is 1. The number of aryl methyl sites for hydroxylation is 1. The van der Waals surface area contributed by atoms with Gasteiger partial charge >= 0.3 is 0 Å². The molecule has 0 atom stereocenters. The Labute approximate surface area is 135 Å². The fraction of sp³-hybridized carbons (Fsp3) is 0.214. The lowest BCUT2D eigenvalue weighted by atomic mass is 10.3. The van der Waals surface area contributed by atoms with Crippen LogP contribution in [0.15, 0.2) is 44.0 Å². The first-order valence-electron chi connectivity index (χ1n) is 6.60. The van der Waals surface area contributed by atoms with Crippen molar-refractivity contribution >= 4 is 34.1 Å². The summed E-state index contributed by atoms with van der Waals surface area (Å²) in [6, 6.07) is 1.60. The summed E-state index contributed by atoms with van der Waals surface area (Å²) in [5.74, 6) is 1.98. The maximum atomic E-state index is 11.9. The highest BCUT2D eigenvalue weighted by Crippen LogP contribution is 2.30. The first-order valence-corrected chi connectivity index (χ1v) is 8.40. The maximum Gasteiger partial charge on any atom is 0.260 e. The molecule has 3 rings (SSSR count). The fourth-order valence-electron chi connectivity index (χ4n) is 1.66. The Hall–Kier alpha value is -2.06. The lowest BCUT2D eigenvalue weighted by molar-refractivity contribution is 0.102. The Morgan fingerprint density at radius 3 is 3.05 bits per heavy atom. The summed E-state index contributed by atoms with van der Waals surface area (Å²) >= 11 is 2.98. The van der Waals surface area contributed by atoms with Gasteiger partial charge in [-0.1, -0.05) is 18.3 Å². The molecular formula is C14H13N3O3S2. The van der Waals surface area contributed by atoms with Crippen molar-refractivity contribution in [2.24, 2.45) is 0 Å². The molecule has 8 heteroatoms. The van der Waals surface area contributed by atoms with Gasteiger partial charge in [0, 0.05) is 6.42 Å². The smallest absolute Gasteiger partial charge is 0.260 e. The Morgan fingerprint density at radius 1 is 1.41 bits per heavy atom. The number of rotatable bonds is 6. The molecule has 0 fully saturated rings. The molecule has 3 aromatic rings. The number of thiazole rings is 1. The van der Waals surface area contributed by atoms with Gasteiger partial charge in [-0.05, 0) is 6.07 Å². The lowest BCUT2D eigenvalue weighted by Crippen LogP contribution is -2.10. The first kappa shape index (κ1) is 14.9. The monoisotopic (exact) mass is 335 g/mol. The van der Waals surface area contributed by atoms with E-state index in [-0.39, 0.29) is 5.91 Å². The van der Waals surface area contributed by atoms with Crippen molar-refractivity contribution in [3.63, 3.8) is 0 Å². The van der Waals surface area contributed by atoms with Gasteiger partial charge in [-0.15, -0.1) is 11.8 Å². The van der Waals surface area contributed by atoms with Gasteiger partial charge in [0.1, 0.15) is 12.0 Å². The molecule has 1 N–H and O–H groups in total. The van der Waals surface area contributed by atoms with Gasteiger partial charge in [-0.25, -0.2) is 9.97 Å². The van der Waals surface area contributed by atoms with Crippen molar-refractivity contribution in [1.29, 1.82) is 0 Å². The maximum absolute atomic E-state index is 11.9. The van der Waals surface area contributed by atoms with Gasteiger partial charge in [-0.3, -0.25) is 10.1 Å². The number of nitrogens with one attached hydrogen (secondary N) is 1. The number of thioether (sulfide) groups is 1. The standard InChI is InChI=1S/C14H13N3O3S2/c1-2-10-5-15-11(20-10)8-21-12-6-16-14(22-12)17-13(18)9-3-4-19-7-9/h3-7H,2,8H2,1H3,(H,16,17,18). The van der Waals surface area contributed by atoms with E-state index < -0.39 is 0 Å². The number of aromatic nitrogens is 2. The highest BCUT2D eigenvalue weighted by atomic mass is 32.2. The van der Waals surface area contributed by atoms with E-state index in [1.807, 2.05) is 6.92 Å². The van der Waals surface area contributed by atoms with Crippen LogP contribution in [-0.4, -0.2) is 15.9 Å². The molecule has 0 aliphatic carbocycles. The molecule has 0 saturated heterocycles. The van der Waals surface area contributed by atoms with Crippen LogP contribution in [0.5, 0.6) is 0 Å². The van der Waals surface area contributed by atoms with E-state index in [9.17, 15) is 4.79 Å². The van der Waals surface area contributed by atoms with E-state index >= 15 is 0 Å². The Kier molecular flexibility index (Phi) is 4.59. The van der Waals surface area contributed by atoms with E-state index in [1.54, 1.807) is 30.2 Å². The molecule has 22 heavy (non-hydrogen) atoms. The van der Waals surface area contributed by atoms with Crippen LogP contribution in [0.1, 0.15) is 28.9 Å². The summed E-state index contributed by atoms with van der Waals surface area (Å²) in [5.41, 5.74) is 0.469. The number of hydrogen-bond donors (Lipinski definition) is 1. The van der Waals surface area contributed by atoms with E-state index in [0.29, 0.717) is 22.3 Å². The Bertz CT molecular complexity index is 749. The van der Waals surface area contributed by atoms with E-state index in [0.717, 1.165) is 16.4 Å². The molecule has 0 spiro atoms. The van der Waals surface area contributed by atoms with Crippen LogP contribution in [-0.2, 0) is 12.2 Å². The topological polar surface area (TPSA) is 81.2 Å². The molecule has 0 aliphatic heterocycles. The summed E-state index contributed by atoms with van der Waals surface area (Å²) in [4.78, 5) is 20.3. The zero-order valence-electron chi connectivity index (χ0n) is 11.7. The third kappa shape index (κ3) is 3.58. The highest BCUT2D eigenvalue weighted by molar-refractivity contribution is 8.00. The lowest BCUT2D eigenvalue weighted by Gasteiger charge is -1.97. The van der Waals surface area contributed by atoms with Crippen LogP contribution < -0.4 is 5.32 Å². The average molecular weight is 335 g/mol. The van der Waals surface area contributed by atoms with Crippen molar-refractivity contribution < 1.29 is 13.6 Å². The third-order valence-electron chi connectivity index (χ3n) is 2.78. The summed E-state index contributed by atoms with van der Waals surface area (Å²) < 4.78 is 11.4. The molecular weight excluding hydrogens is 322 g/mol. The molecule has 1 amide bonds. The minimum Gasteiger partial charge on any atom is -0.472 e. The summed E-state index contributed by atoms with van der Waals surface area (Å²) in [6.45, 7) is 2.02. The number of anilines is 1. The molecule has 114 valence electrons. The van der Waals surface area contributed by atoms with Gasteiger partial charge < -0.3 is 8.83 Å². The van der Waals surface area contributed by atoms with Gasteiger partial charge in [0.25, 0.3) is 5.91 Å². The predicted molar refractivity (Wildman–Crippen MR) is 84.2 cm³/mol. The van der Waals surface area contributed by atoms with Crippen LogP contribution in [0, 0.1) is 0 Å². The number of nitrogens with zero attached hydrogens (tertiary/aromatic N) is 2. The number of oxazole rings is 1. The molecule has 3 aromatic heterocycles. The minimum atomic E-state index is -0.236. The van der Waals surface area contributed by atoms with E-state index in [4.69, 9.17) is 8.83 Å².